The Hall–Kier alpha value is 0.925. The van der Waals surface area contributed by atoms with Crippen molar-refractivity contribution in [3.8, 4) is 0 Å². The van der Waals surface area contributed by atoms with E-state index in [0.717, 1.165) is 0 Å². The molecule has 6 N–H and O–H groups in total. The second kappa shape index (κ2) is 7.92. The van der Waals surface area contributed by atoms with E-state index in [-0.39, 0.29) is 34.7 Å². The summed E-state index contributed by atoms with van der Waals surface area (Å²) < 4.78 is 34.4. The Morgan fingerprint density at radius 2 is 1.12 bits per heavy atom. The minimum atomic E-state index is -5.88. The first-order valence-corrected chi connectivity index (χ1v) is 3.79. The van der Waals surface area contributed by atoms with E-state index in [2.05, 4.69) is 0 Å². The van der Waals surface area contributed by atoms with E-state index in [9.17, 15) is 0 Å². The summed E-state index contributed by atoms with van der Waals surface area (Å²) >= 11 is -5.88. The normalized spacial score (nSPS) is 7.38. The molecule has 0 aliphatic carbocycles. The van der Waals surface area contributed by atoms with Crippen LogP contribution >= 0.6 is 0 Å². The molecule has 0 fully saturated rings. The van der Waals surface area contributed by atoms with Gasteiger partial charge in [0.15, 0.2) is 0 Å². The van der Waals surface area contributed by atoms with Gasteiger partial charge in [0.2, 0.25) is 0 Å². The van der Waals surface area contributed by atoms with Crippen molar-refractivity contribution in [2.75, 3.05) is 0 Å². The Morgan fingerprint density at radius 1 is 1.12 bits per heavy atom. The van der Waals surface area contributed by atoms with Gasteiger partial charge in [0.1, 0.15) is 0 Å². The van der Waals surface area contributed by atoms with Gasteiger partial charge in [-0.15, -0.1) is 0 Å². The van der Waals surface area contributed by atoms with Crippen molar-refractivity contribution in [1.82, 2.24) is 6.15 Å². The van der Waals surface area contributed by atoms with E-state index in [4.69, 9.17) is 16.0 Å². The Morgan fingerprint density at radius 3 is 1.12 bits per heavy atom. The fourth-order valence-electron chi connectivity index (χ4n) is 0. The van der Waals surface area contributed by atoms with Gasteiger partial charge < -0.3 is 11.6 Å². The minimum absolute atomic E-state index is 0. The summed E-state index contributed by atoms with van der Waals surface area (Å²) in [5.41, 5.74) is 0. The summed E-state index contributed by atoms with van der Waals surface area (Å²) in [6, 6.07) is 0. The molecule has 0 aliphatic heterocycles. The molecule has 0 heterocycles. The molecule has 0 spiro atoms. The summed E-state index contributed by atoms with van der Waals surface area (Å²) in [4.78, 5) is 0. The van der Waals surface area contributed by atoms with Gasteiger partial charge in [-0.2, -0.15) is 0 Å². The third-order valence-electron chi connectivity index (χ3n) is 0. The molecule has 0 radical (unpaired) electrons. The maximum absolute atomic E-state index is 8.61. The molecule has 8 heavy (non-hydrogen) atoms. The Labute approximate surface area is 65.3 Å². The molecule has 0 unspecified atom stereocenters. The fraction of sp³-hybridized carbons (Fsp3) is 0. The molecule has 0 saturated carbocycles. The molecule has 8 heteroatoms. The molecule has 0 atom stereocenters. The summed E-state index contributed by atoms with van der Waals surface area (Å²) in [5, 5.41) is 0. The third-order valence-corrected chi connectivity index (χ3v) is 0. The molecule has 0 aromatic carbocycles. The van der Waals surface area contributed by atoms with E-state index in [1.54, 1.807) is 0 Å². The van der Waals surface area contributed by atoms with Gasteiger partial charge in [0.05, 0.1) is 0 Å². The maximum Gasteiger partial charge on any atom is 2.00 e. The van der Waals surface area contributed by atoms with Crippen molar-refractivity contribution in [2.45, 2.75) is 0 Å². The molecular formula is H6AsMgNO5. The van der Waals surface area contributed by atoms with Gasteiger partial charge >= 0.3 is 53.6 Å². The van der Waals surface area contributed by atoms with Gasteiger partial charge in [-0.05, 0) is 0 Å². The monoisotopic (exact) mass is 199 g/mol. The molecule has 0 rings (SSSR count). The summed E-state index contributed by atoms with van der Waals surface area (Å²) in [6.45, 7) is 0. The van der Waals surface area contributed by atoms with Crippen molar-refractivity contribution in [3.05, 3.63) is 0 Å². The van der Waals surface area contributed by atoms with Crippen molar-refractivity contribution in [2.24, 2.45) is 0 Å². The van der Waals surface area contributed by atoms with Gasteiger partial charge in [0, 0.05) is 0 Å². The van der Waals surface area contributed by atoms with Gasteiger partial charge in [-0.1, -0.05) is 0 Å². The number of rotatable bonds is 0. The van der Waals surface area contributed by atoms with Crippen molar-refractivity contribution < 1.29 is 21.5 Å². The van der Waals surface area contributed by atoms with Crippen LogP contribution in [-0.2, 0) is 3.74 Å². The Balaban J connectivity index is -0.0000000267. The molecular weight excluding hydrogens is 193 g/mol. The van der Waals surface area contributed by atoms with Crippen LogP contribution in [-0.4, -0.2) is 43.0 Å². The molecule has 48 valence electrons. The van der Waals surface area contributed by atoms with Crippen LogP contribution in [0.25, 0.3) is 0 Å². The van der Waals surface area contributed by atoms with Crippen LogP contribution in [0.1, 0.15) is 0 Å². The molecule has 0 bridgehead atoms. The zero-order valence-corrected chi connectivity index (χ0v) is 7.58. The van der Waals surface area contributed by atoms with E-state index >= 15 is 0 Å². The molecule has 0 saturated heterocycles. The topological polar surface area (TPSA) is 154 Å². The van der Waals surface area contributed by atoms with Gasteiger partial charge in [-0.3, -0.25) is 0 Å². The average Bonchev–Trinajstić information content (AvgIpc) is 0.722. The Bertz CT molecular complexity index is 58.6. The molecule has 0 aliphatic rings. The minimum Gasteiger partial charge on any atom is -0.369 e. The number of hydrogen-bond donors (Lipinski definition) is 1. The predicted octanol–water partition coefficient (Wildman–Crippen LogP) is -4.90. The van der Waals surface area contributed by atoms with E-state index in [1.165, 1.54) is 0 Å². The van der Waals surface area contributed by atoms with Crippen molar-refractivity contribution >= 4 is 37.6 Å². The fourth-order valence-corrected chi connectivity index (χ4v) is 0. The second-order valence-electron chi connectivity index (χ2n) is 0.447. The quantitative estimate of drug-likeness (QED) is 0.388. The maximum atomic E-state index is 8.61. The average molecular weight is 199 g/mol. The first-order chi connectivity index (χ1) is 2.00. The van der Waals surface area contributed by atoms with Crippen molar-refractivity contribution in [3.63, 3.8) is 0 Å². The van der Waals surface area contributed by atoms with E-state index < -0.39 is 14.5 Å². The third kappa shape index (κ3) is 284. The first kappa shape index (κ1) is 23.1. The van der Waals surface area contributed by atoms with Gasteiger partial charge in [0.25, 0.3) is 0 Å². The Kier molecular flexibility index (Phi) is 22.9. The molecule has 0 aromatic rings. The standard InChI is InChI=1S/AsH3O4.Mg.H3N.H2O/c2-1(3,4)5;;;/h(H3,2,3,4,5);;1H3;1H2/q;+2;;/p-2. The summed E-state index contributed by atoms with van der Waals surface area (Å²) in [5.74, 6) is 0. The van der Waals surface area contributed by atoms with Gasteiger partial charge in [-0.25, -0.2) is 0 Å². The second-order valence-corrected chi connectivity index (χ2v) is 2.32. The first-order valence-electron chi connectivity index (χ1n) is 0.730. The van der Waals surface area contributed by atoms with E-state index in [0.29, 0.717) is 0 Å². The number of quaternary nitrogens is 1. The number of hydrogen-bond acceptors (Lipinski definition) is 4. The molecule has 6 nitrogen and oxygen atoms in total. The van der Waals surface area contributed by atoms with E-state index in [1.807, 2.05) is 0 Å². The van der Waals surface area contributed by atoms with Crippen LogP contribution in [0, 0.1) is 0 Å². The van der Waals surface area contributed by atoms with Crippen LogP contribution in [0.15, 0.2) is 0 Å². The molecule has 0 amide bonds. The predicted molar refractivity (Wildman–Crippen MR) is 21.8 cm³/mol. The van der Waals surface area contributed by atoms with Crippen LogP contribution in [0.5, 0.6) is 0 Å². The largest absolute Gasteiger partial charge is 2.00 e. The molecule has 0 aromatic heterocycles. The van der Waals surface area contributed by atoms with Crippen LogP contribution < -0.4 is 18.4 Å². The smallest absolute Gasteiger partial charge is 0.369 e. The SMILES string of the molecule is O.O=[As]([O-])([O-])[O-].[Mg+2].[NH4+]. The van der Waals surface area contributed by atoms with Crippen LogP contribution in [0.3, 0.4) is 0 Å². The summed E-state index contributed by atoms with van der Waals surface area (Å²) in [7, 11) is 0. The van der Waals surface area contributed by atoms with Crippen LogP contribution in [0.2, 0.25) is 0 Å². The van der Waals surface area contributed by atoms with Crippen LogP contribution in [0.4, 0.5) is 0 Å². The van der Waals surface area contributed by atoms with Crippen molar-refractivity contribution in [1.29, 1.82) is 0 Å². The zero-order valence-electron chi connectivity index (χ0n) is 4.29. The summed E-state index contributed by atoms with van der Waals surface area (Å²) in [6.07, 6.45) is 0. The zero-order chi connectivity index (χ0) is 4.50.